The van der Waals surface area contributed by atoms with Gasteiger partial charge in [-0.25, -0.2) is 0 Å². The van der Waals surface area contributed by atoms with Gasteiger partial charge in [-0.2, -0.15) is 5.26 Å². The van der Waals surface area contributed by atoms with Crippen LogP contribution in [0.5, 0.6) is 0 Å². The van der Waals surface area contributed by atoms with Crippen molar-refractivity contribution in [2.45, 2.75) is 24.5 Å². The molecule has 5 heteroatoms. The molecule has 0 spiro atoms. The molecule has 0 amide bonds. The lowest BCUT2D eigenvalue weighted by atomic mass is 9.90. The summed E-state index contributed by atoms with van der Waals surface area (Å²) in [5.41, 5.74) is 5.09. The molecule has 1 saturated carbocycles. The minimum atomic E-state index is -0.788. The van der Waals surface area contributed by atoms with Crippen LogP contribution in [-0.2, 0) is 4.84 Å². The average Bonchev–Trinajstić information content (AvgIpc) is 2.57. The predicted octanol–water partition coefficient (Wildman–Crippen LogP) is 0.725. The normalized spacial score (nSPS) is 44.6. The second kappa shape index (κ2) is 2.44. The van der Waals surface area contributed by atoms with E-state index in [4.69, 9.17) is 15.8 Å². The SMILES string of the molecule is N#C[C@@]1(N)CC[C@@H]2ON=C(Br)[C@@H]21. The molecule has 3 atom stereocenters. The number of nitrogens with two attached hydrogens (primary N) is 1. The predicted molar refractivity (Wildman–Crippen MR) is 46.5 cm³/mol. The van der Waals surface area contributed by atoms with Gasteiger partial charge in [-0.3, -0.25) is 0 Å². The lowest BCUT2D eigenvalue weighted by Gasteiger charge is -2.19. The fraction of sp³-hybridized carbons (Fsp3) is 0.714. The lowest BCUT2D eigenvalue weighted by Crippen LogP contribution is -2.45. The van der Waals surface area contributed by atoms with E-state index >= 15 is 0 Å². The summed E-state index contributed by atoms with van der Waals surface area (Å²) in [6, 6.07) is 2.13. The Balaban J connectivity index is 2.33. The van der Waals surface area contributed by atoms with Crippen molar-refractivity contribution in [2.75, 3.05) is 0 Å². The molecule has 0 aromatic carbocycles. The van der Waals surface area contributed by atoms with Crippen LogP contribution in [0, 0.1) is 17.2 Å². The van der Waals surface area contributed by atoms with E-state index < -0.39 is 5.54 Å². The second-order valence-electron chi connectivity index (χ2n) is 3.23. The van der Waals surface area contributed by atoms with Crippen molar-refractivity contribution in [1.82, 2.24) is 0 Å². The molecule has 0 radical (unpaired) electrons. The van der Waals surface area contributed by atoms with Gasteiger partial charge in [-0.1, -0.05) is 5.16 Å². The molecule has 1 fully saturated rings. The number of rotatable bonds is 0. The van der Waals surface area contributed by atoms with E-state index in [1.165, 1.54) is 0 Å². The van der Waals surface area contributed by atoms with Crippen molar-refractivity contribution < 1.29 is 4.84 Å². The molecule has 0 saturated heterocycles. The average molecular weight is 230 g/mol. The number of fused-ring (bicyclic) bond motifs is 1. The highest BCUT2D eigenvalue weighted by atomic mass is 79.9. The maximum absolute atomic E-state index is 8.88. The third-order valence-electron chi connectivity index (χ3n) is 2.51. The van der Waals surface area contributed by atoms with Crippen LogP contribution in [-0.4, -0.2) is 16.3 Å². The molecular weight excluding hydrogens is 222 g/mol. The quantitative estimate of drug-likeness (QED) is 0.666. The molecule has 2 rings (SSSR count). The first-order valence-electron chi connectivity index (χ1n) is 3.77. The zero-order valence-corrected chi connectivity index (χ0v) is 7.91. The van der Waals surface area contributed by atoms with Crippen LogP contribution in [0.25, 0.3) is 0 Å². The van der Waals surface area contributed by atoms with Crippen LogP contribution in [0.4, 0.5) is 0 Å². The summed E-state index contributed by atoms with van der Waals surface area (Å²) in [4.78, 5) is 5.10. The third kappa shape index (κ3) is 0.883. The fourth-order valence-electron chi connectivity index (χ4n) is 1.81. The highest BCUT2D eigenvalue weighted by molar-refractivity contribution is 9.18. The highest BCUT2D eigenvalue weighted by Gasteiger charge is 2.53. The Morgan fingerprint density at radius 3 is 3.25 bits per heavy atom. The number of hydrogen-bond acceptors (Lipinski definition) is 4. The maximum Gasteiger partial charge on any atom is 0.139 e. The van der Waals surface area contributed by atoms with Crippen LogP contribution in [0.1, 0.15) is 12.8 Å². The van der Waals surface area contributed by atoms with Crippen LogP contribution in [0.3, 0.4) is 0 Å². The highest BCUT2D eigenvalue weighted by Crippen LogP contribution is 2.41. The zero-order valence-electron chi connectivity index (χ0n) is 6.33. The topological polar surface area (TPSA) is 71.4 Å². The Morgan fingerprint density at radius 2 is 2.58 bits per heavy atom. The molecule has 2 N–H and O–H groups in total. The molecule has 12 heavy (non-hydrogen) atoms. The van der Waals surface area contributed by atoms with E-state index in [1.807, 2.05) is 0 Å². The van der Waals surface area contributed by atoms with Crippen LogP contribution in [0.15, 0.2) is 5.16 Å². The summed E-state index contributed by atoms with van der Waals surface area (Å²) in [5.74, 6) is -0.0671. The Labute approximate surface area is 78.5 Å². The van der Waals surface area contributed by atoms with Gasteiger partial charge in [0.25, 0.3) is 0 Å². The minimum absolute atomic E-state index is 0.00373. The summed E-state index contributed by atoms with van der Waals surface area (Å²) < 4.78 is 0.675. The van der Waals surface area contributed by atoms with Crippen LogP contribution in [0.2, 0.25) is 0 Å². The Hall–Kier alpha value is -0.600. The Morgan fingerprint density at radius 1 is 1.83 bits per heavy atom. The van der Waals surface area contributed by atoms with E-state index in [2.05, 4.69) is 27.2 Å². The van der Waals surface area contributed by atoms with E-state index in [9.17, 15) is 0 Å². The van der Waals surface area contributed by atoms with Crippen molar-refractivity contribution >= 4 is 20.6 Å². The number of nitriles is 1. The van der Waals surface area contributed by atoms with Crippen molar-refractivity contribution in [3.63, 3.8) is 0 Å². The van der Waals surface area contributed by atoms with Crippen molar-refractivity contribution in [1.29, 1.82) is 5.26 Å². The molecule has 64 valence electrons. The van der Waals surface area contributed by atoms with Crippen LogP contribution >= 0.6 is 15.9 Å². The molecule has 1 aliphatic carbocycles. The van der Waals surface area contributed by atoms with Gasteiger partial charge in [0.2, 0.25) is 0 Å². The summed E-state index contributed by atoms with van der Waals surface area (Å²) in [7, 11) is 0. The smallest absolute Gasteiger partial charge is 0.139 e. The van der Waals surface area contributed by atoms with E-state index in [0.29, 0.717) is 11.0 Å². The van der Waals surface area contributed by atoms with E-state index in [1.54, 1.807) is 0 Å². The van der Waals surface area contributed by atoms with E-state index in [0.717, 1.165) is 6.42 Å². The zero-order chi connectivity index (χ0) is 8.77. The minimum Gasteiger partial charge on any atom is -0.391 e. The van der Waals surface area contributed by atoms with Crippen LogP contribution < -0.4 is 5.73 Å². The number of oxime groups is 1. The number of halogens is 1. The van der Waals surface area contributed by atoms with Crippen molar-refractivity contribution in [2.24, 2.45) is 16.8 Å². The molecule has 0 aromatic rings. The molecule has 0 bridgehead atoms. The number of hydrogen-bond donors (Lipinski definition) is 1. The Kier molecular flexibility index (Phi) is 1.63. The van der Waals surface area contributed by atoms with Gasteiger partial charge in [0.05, 0.1) is 12.0 Å². The molecule has 2 aliphatic rings. The molecule has 1 aliphatic heterocycles. The summed E-state index contributed by atoms with van der Waals surface area (Å²) in [6.45, 7) is 0. The first-order valence-corrected chi connectivity index (χ1v) is 4.56. The molecule has 1 heterocycles. The first kappa shape index (κ1) is 8.02. The second-order valence-corrected chi connectivity index (χ2v) is 4.04. The summed E-state index contributed by atoms with van der Waals surface area (Å²) in [6.07, 6.45) is 1.50. The molecule has 0 unspecified atom stereocenters. The molecular formula is C7H8BrN3O. The van der Waals surface area contributed by atoms with Gasteiger partial charge < -0.3 is 10.6 Å². The Bertz CT molecular complexity index is 285. The third-order valence-corrected chi connectivity index (χ3v) is 3.15. The first-order chi connectivity index (χ1) is 5.67. The van der Waals surface area contributed by atoms with Gasteiger partial charge in [0.15, 0.2) is 0 Å². The number of nitrogens with zero attached hydrogens (tertiary/aromatic N) is 2. The van der Waals surface area contributed by atoms with Gasteiger partial charge in [-0.05, 0) is 28.8 Å². The van der Waals surface area contributed by atoms with Gasteiger partial charge in [-0.15, -0.1) is 0 Å². The fourth-order valence-corrected chi connectivity index (χ4v) is 2.60. The standard InChI is InChI=1S/C7H8BrN3O/c8-6-5-4(12-11-6)1-2-7(5,10)3-9/h4-5H,1-2,10H2/t4-,5+,7-/m0/s1. The van der Waals surface area contributed by atoms with Crippen molar-refractivity contribution in [3.8, 4) is 6.07 Å². The molecule has 0 aromatic heterocycles. The van der Waals surface area contributed by atoms with Gasteiger partial charge >= 0.3 is 0 Å². The largest absolute Gasteiger partial charge is 0.391 e. The van der Waals surface area contributed by atoms with Gasteiger partial charge in [0, 0.05) is 0 Å². The monoisotopic (exact) mass is 229 g/mol. The summed E-state index contributed by atoms with van der Waals surface area (Å²) >= 11 is 3.26. The van der Waals surface area contributed by atoms with Crippen molar-refractivity contribution in [3.05, 3.63) is 0 Å². The maximum atomic E-state index is 8.88. The lowest BCUT2D eigenvalue weighted by molar-refractivity contribution is 0.0714. The van der Waals surface area contributed by atoms with E-state index in [-0.39, 0.29) is 12.0 Å². The summed E-state index contributed by atoms with van der Waals surface area (Å²) in [5, 5.41) is 12.7. The molecule has 4 nitrogen and oxygen atoms in total. The van der Waals surface area contributed by atoms with Gasteiger partial charge in [0.1, 0.15) is 16.3 Å².